The van der Waals surface area contributed by atoms with Gasteiger partial charge in [0.25, 0.3) is 0 Å². The van der Waals surface area contributed by atoms with Crippen molar-refractivity contribution in [1.82, 2.24) is 0 Å². The maximum atomic E-state index is 2.60. The molecule has 12 aromatic rings. The fourth-order valence-electron chi connectivity index (χ4n) is 11.8. The number of benzene rings is 12. The van der Waals surface area contributed by atoms with Crippen molar-refractivity contribution in [3.8, 4) is 44.5 Å². The minimum Gasteiger partial charge on any atom is -0.333 e. The van der Waals surface area contributed by atoms with Gasteiger partial charge in [0.15, 0.2) is 0 Å². The van der Waals surface area contributed by atoms with Gasteiger partial charge >= 0.3 is 0 Å². The third kappa shape index (κ3) is 7.02. The van der Waals surface area contributed by atoms with Gasteiger partial charge in [-0.2, -0.15) is 0 Å². The molecule has 0 fully saturated rings. The van der Waals surface area contributed by atoms with E-state index < -0.39 is 0 Å². The fraction of sp³-hybridized carbons (Fsp3) is 0.0286. The summed E-state index contributed by atoms with van der Waals surface area (Å²) in [4.78, 5) is 5.07. The zero-order valence-corrected chi connectivity index (χ0v) is 39.6. The van der Waals surface area contributed by atoms with E-state index in [0.717, 1.165) is 22.6 Å². The topological polar surface area (TPSA) is 6.48 Å². The lowest BCUT2D eigenvalue weighted by Crippen LogP contribution is -2.31. The number of nitrogens with zero attached hydrogens (tertiary/aromatic N) is 2. The molecule has 0 amide bonds. The lowest BCUT2D eigenvalue weighted by Gasteiger charge is -2.33. The van der Waals surface area contributed by atoms with Crippen LogP contribution in [0.5, 0.6) is 0 Å². The average molecular weight is 917 g/mol. The normalized spacial score (nSPS) is 14.6. The zero-order valence-electron chi connectivity index (χ0n) is 39.6. The summed E-state index contributed by atoms with van der Waals surface area (Å²) in [6, 6.07) is 98.6. The van der Waals surface area contributed by atoms with Crippen LogP contribution < -0.4 is 9.80 Å². The van der Waals surface area contributed by atoms with Crippen LogP contribution in [0.25, 0.3) is 82.9 Å². The van der Waals surface area contributed by atoms with Crippen LogP contribution in [0.15, 0.2) is 273 Å². The molecule has 0 bridgehead atoms. The summed E-state index contributed by atoms with van der Waals surface area (Å²) >= 11 is 0. The van der Waals surface area contributed by atoms with Crippen molar-refractivity contribution in [3.05, 3.63) is 290 Å². The maximum absolute atomic E-state index is 2.60. The van der Waals surface area contributed by atoms with Gasteiger partial charge in [-0.15, -0.1) is 0 Å². The molecule has 2 atom stereocenters. The first kappa shape index (κ1) is 41.7. The first-order valence-electron chi connectivity index (χ1n) is 25.1. The summed E-state index contributed by atoms with van der Waals surface area (Å²) in [7, 11) is 0. The molecule has 2 heteroatoms. The molecule has 0 saturated carbocycles. The van der Waals surface area contributed by atoms with E-state index in [2.05, 4.69) is 289 Å². The highest BCUT2D eigenvalue weighted by Crippen LogP contribution is 2.54. The van der Waals surface area contributed by atoms with Crippen molar-refractivity contribution in [2.45, 2.75) is 12.0 Å². The second-order valence-corrected chi connectivity index (χ2v) is 19.2. The number of hydrogen-bond acceptors (Lipinski definition) is 2. The molecule has 12 aromatic carbocycles. The second-order valence-electron chi connectivity index (χ2n) is 19.2. The Morgan fingerprint density at radius 3 is 1.68 bits per heavy atom. The van der Waals surface area contributed by atoms with E-state index in [0.29, 0.717) is 0 Å². The zero-order chi connectivity index (χ0) is 47.5. The van der Waals surface area contributed by atoms with Gasteiger partial charge in [-0.05, 0) is 126 Å². The Labute approximate surface area is 420 Å². The Balaban J connectivity index is 0.923. The van der Waals surface area contributed by atoms with E-state index in [-0.39, 0.29) is 12.0 Å². The number of hydrogen-bond donors (Lipinski definition) is 0. The van der Waals surface area contributed by atoms with Crippen molar-refractivity contribution < 1.29 is 0 Å². The molecule has 1 heterocycles. The van der Waals surface area contributed by atoms with E-state index in [4.69, 9.17) is 0 Å². The fourth-order valence-corrected chi connectivity index (χ4v) is 11.8. The lowest BCUT2D eigenvalue weighted by molar-refractivity contribution is 0.725. The molecule has 0 radical (unpaired) electrons. The van der Waals surface area contributed by atoms with Crippen molar-refractivity contribution in [3.63, 3.8) is 0 Å². The van der Waals surface area contributed by atoms with Gasteiger partial charge in [0.2, 0.25) is 0 Å². The third-order valence-electron chi connectivity index (χ3n) is 15.2. The second kappa shape index (κ2) is 17.3. The molecule has 0 spiro atoms. The summed E-state index contributed by atoms with van der Waals surface area (Å²) in [5, 5.41) is 7.33. The summed E-state index contributed by atoms with van der Waals surface area (Å²) in [5.41, 5.74) is 19.4. The largest absolute Gasteiger partial charge is 0.333 e. The Morgan fingerprint density at radius 2 is 0.903 bits per heavy atom. The monoisotopic (exact) mass is 916 g/mol. The average Bonchev–Trinajstić information content (AvgIpc) is 3.80. The Kier molecular flexibility index (Phi) is 10.0. The van der Waals surface area contributed by atoms with Crippen molar-refractivity contribution in [2.24, 2.45) is 0 Å². The number of para-hydroxylation sites is 2. The summed E-state index contributed by atoms with van der Waals surface area (Å²) in [6.45, 7) is 0. The van der Waals surface area contributed by atoms with Crippen LogP contribution >= 0.6 is 0 Å². The summed E-state index contributed by atoms with van der Waals surface area (Å²) in [6.07, 6.45) is 4.75. The van der Waals surface area contributed by atoms with Crippen LogP contribution in [0.4, 0.5) is 28.4 Å². The molecule has 72 heavy (non-hydrogen) atoms. The van der Waals surface area contributed by atoms with Crippen molar-refractivity contribution >= 4 is 66.8 Å². The predicted octanol–water partition coefficient (Wildman–Crippen LogP) is 19.0. The van der Waals surface area contributed by atoms with Gasteiger partial charge < -0.3 is 9.80 Å². The minimum absolute atomic E-state index is 0.135. The van der Waals surface area contributed by atoms with Crippen LogP contribution in [-0.2, 0) is 0 Å². The number of anilines is 5. The first-order chi connectivity index (χ1) is 35.7. The van der Waals surface area contributed by atoms with E-state index in [9.17, 15) is 0 Å². The molecule has 2 aliphatic rings. The van der Waals surface area contributed by atoms with E-state index in [1.54, 1.807) is 0 Å². The standard InChI is InChI=1S/C70H48N2/c1-2-18-50(19-3-1)60-40-36-54(46-69(60)72-66-29-15-13-27-64(66)70-61-24-9-8-20-51(61)37-42-68(70)72)49-34-38-57(39-35-49)71(65-28-14-12-23-59(65)56-33-31-48-17-5-7-22-53(48)45-56)67-43-41-58(62-25-10-11-26-63(62)67)55-32-30-47-16-4-6-21-52(47)44-55/h1-46,68,70H. The molecule has 0 saturated heterocycles. The minimum atomic E-state index is 0.135. The van der Waals surface area contributed by atoms with E-state index >= 15 is 0 Å². The predicted molar refractivity (Wildman–Crippen MR) is 305 cm³/mol. The van der Waals surface area contributed by atoms with Gasteiger partial charge in [0.05, 0.1) is 23.1 Å². The molecule has 0 aromatic heterocycles. The highest BCUT2D eigenvalue weighted by Gasteiger charge is 2.41. The van der Waals surface area contributed by atoms with Gasteiger partial charge in [-0.1, -0.05) is 231 Å². The molecule has 2 nitrogen and oxygen atoms in total. The van der Waals surface area contributed by atoms with Gasteiger partial charge in [0, 0.05) is 33.8 Å². The van der Waals surface area contributed by atoms with Crippen LogP contribution in [-0.4, -0.2) is 6.04 Å². The van der Waals surface area contributed by atoms with Gasteiger partial charge in [-0.3, -0.25) is 0 Å². The van der Waals surface area contributed by atoms with Gasteiger partial charge in [0.1, 0.15) is 0 Å². The maximum Gasteiger partial charge on any atom is 0.0636 e. The third-order valence-corrected chi connectivity index (χ3v) is 15.2. The SMILES string of the molecule is C1=CC2C(c3ccccc31)c1ccccc1N2c1cc(-c2ccc(N(c3ccccc3-c3ccc4ccccc4c3)c3ccc(-c4ccc5ccccc5c4)c4ccccc34)cc2)ccc1-c1ccccc1. The molecule has 338 valence electrons. The number of fused-ring (bicyclic) bond motifs is 8. The molecule has 1 aliphatic heterocycles. The molecule has 2 unspecified atom stereocenters. The van der Waals surface area contributed by atoms with E-state index in [1.807, 2.05) is 0 Å². The highest BCUT2D eigenvalue weighted by molar-refractivity contribution is 6.08. The van der Waals surface area contributed by atoms with Crippen LogP contribution in [0.1, 0.15) is 22.6 Å². The Bertz CT molecular complexity index is 4070. The summed E-state index contributed by atoms with van der Waals surface area (Å²) in [5.74, 6) is 0.232. The Morgan fingerprint density at radius 1 is 0.319 bits per heavy atom. The summed E-state index contributed by atoms with van der Waals surface area (Å²) < 4.78 is 0. The van der Waals surface area contributed by atoms with Crippen LogP contribution in [0.2, 0.25) is 0 Å². The van der Waals surface area contributed by atoms with E-state index in [1.165, 1.54) is 99.3 Å². The lowest BCUT2D eigenvalue weighted by atomic mass is 9.81. The van der Waals surface area contributed by atoms with Crippen LogP contribution in [0.3, 0.4) is 0 Å². The number of rotatable bonds is 8. The smallest absolute Gasteiger partial charge is 0.0636 e. The Hall–Kier alpha value is -9.24. The van der Waals surface area contributed by atoms with Gasteiger partial charge in [-0.25, -0.2) is 0 Å². The van der Waals surface area contributed by atoms with Crippen molar-refractivity contribution in [1.29, 1.82) is 0 Å². The van der Waals surface area contributed by atoms with Crippen molar-refractivity contribution in [2.75, 3.05) is 9.80 Å². The first-order valence-corrected chi connectivity index (χ1v) is 25.1. The molecule has 14 rings (SSSR count). The molecule has 0 N–H and O–H groups in total. The molecular formula is C70H48N2. The molecule has 1 aliphatic carbocycles. The molecular weight excluding hydrogens is 869 g/mol. The highest BCUT2D eigenvalue weighted by atomic mass is 15.2. The quantitative estimate of drug-likeness (QED) is 0.150. The van der Waals surface area contributed by atoms with Crippen LogP contribution in [0, 0.1) is 0 Å².